The molecule has 0 atom stereocenters. The first-order valence-electron chi connectivity index (χ1n) is 8.90. The lowest BCUT2D eigenvalue weighted by Crippen LogP contribution is -2.31. The Bertz CT molecular complexity index is 1050. The molecule has 0 radical (unpaired) electrons. The average molecular weight is 341 g/mol. The summed E-state index contributed by atoms with van der Waals surface area (Å²) in [7, 11) is 0. The van der Waals surface area contributed by atoms with Gasteiger partial charge in [-0.3, -0.25) is 4.90 Å². The Hall–Kier alpha value is -3.05. The second-order valence-corrected chi connectivity index (χ2v) is 6.71. The molecule has 0 bridgehead atoms. The first-order valence-corrected chi connectivity index (χ1v) is 8.90. The normalized spacial score (nSPS) is 14.5. The number of fused-ring (bicyclic) bond motifs is 2. The van der Waals surface area contributed by atoms with Gasteiger partial charge in [0.2, 0.25) is 0 Å². The monoisotopic (exact) mass is 341 g/mol. The molecule has 4 aromatic rings. The SMILES string of the molecule is c1ccc(-c2ncc3c(n2)CN(Cc2c[nH]c4ncccc24)CC3)cc1. The summed E-state index contributed by atoms with van der Waals surface area (Å²) in [4.78, 5) is 19.5. The zero-order chi connectivity index (χ0) is 17.3. The van der Waals surface area contributed by atoms with Crippen LogP contribution >= 0.6 is 0 Å². The van der Waals surface area contributed by atoms with Crippen LogP contribution in [0.5, 0.6) is 0 Å². The summed E-state index contributed by atoms with van der Waals surface area (Å²) in [6.07, 6.45) is 6.88. The molecule has 5 heteroatoms. The number of nitrogens with zero attached hydrogens (tertiary/aromatic N) is 4. The van der Waals surface area contributed by atoms with Crippen LogP contribution in [0.15, 0.2) is 61.1 Å². The van der Waals surface area contributed by atoms with E-state index in [0.29, 0.717) is 0 Å². The summed E-state index contributed by atoms with van der Waals surface area (Å²) in [5.41, 5.74) is 5.71. The Morgan fingerprint density at radius 1 is 1.04 bits per heavy atom. The van der Waals surface area contributed by atoms with Gasteiger partial charge in [-0.05, 0) is 29.7 Å². The van der Waals surface area contributed by atoms with Crippen LogP contribution in [0, 0.1) is 0 Å². The minimum atomic E-state index is 0.808. The molecular formula is C21H19N5. The summed E-state index contributed by atoms with van der Waals surface area (Å²) < 4.78 is 0. The molecule has 0 amide bonds. The maximum atomic E-state index is 4.85. The molecule has 0 saturated carbocycles. The number of hydrogen-bond acceptors (Lipinski definition) is 4. The second-order valence-electron chi connectivity index (χ2n) is 6.71. The van der Waals surface area contributed by atoms with Crippen LogP contribution in [0.4, 0.5) is 0 Å². The van der Waals surface area contributed by atoms with E-state index in [1.807, 2.05) is 36.7 Å². The van der Waals surface area contributed by atoms with Crippen molar-refractivity contribution in [3.8, 4) is 11.4 Å². The minimum absolute atomic E-state index is 0.808. The van der Waals surface area contributed by atoms with E-state index in [2.05, 4.69) is 44.2 Å². The number of H-pyrrole nitrogens is 1. The number of pyridine rings is 1. The number of hydrogen-bond donors (Lipinski definition) is 1. The van der Waals surface area contributed by atoms with E-state index in [1.165, 1.54) is 16.5 Å². The lowest BCUT2D eigenvalue weighted by atomic mass is 10.1. The Balaban J connectivity index is 1.40. The molecule has 0 aliphatic carbocycles. The smallest absolute Gasteiger partial charge is 0.159 e. The molecule has 0 fully saturated rings. The third-order valence-electron chi connectivity index (χ3n) is 4.99. The fourth-order valence-electron chi connectivity index (χ4n) is 3.60. The predicted molar refractivity (Wildman–Crippen MR) is 101 cm³/mol. The fraction of sp³-hybridized carbons (Fsp3) is 0.190. The molecule has 5 rings (SSSR count). The highest BCUT2D eigenvalue weighted by molar-refractivity contribution is 5.79. The van der Waals surface area contributed by atoms with Gasteiger partial charge in [0.05, 0.1) is 5.69 Å². The van der Waals surface area contributed by atoms with Crippen LogP contribution in [-0.2, 0) is 19.5 Å². The zero-order valence-electron chi connectivity index (χ0n) is 14.4. The van der Waals surface area contributed by atoms with Crippen molar-refractivity contribution in [1.82, 2.24) is 24.8 Å². The lowest BCUT2D eigenvalue weighted by molar-refractivity contribution is 0.242. The lowest BCUT2D eigenvalue weighted by Gasteiger charge is -2.27. The van der Waals surface area contributed by atoms with E-state index in [0.717, 1.165) is 48.8 Å². The summed E-state index contributed by atoms with van der Waals surface area (Å²) in [5, 5.41) is 1.20. The number of aromatic amines is 1. The van der Waals surface area contributed by atoms with Crippen molar-refractivity contribution >= 4 is 11.0 Å². The molecule has 0 saturated heterocycles. The summed E-state index contributed by atoms with van der Waals surface area (Å²) in [6.45, 7) is 2.77. The molecule has 1 aliphatic rings. The Kier molecular flexibility index (Phi) is 3.72. The maximum absolute atomic E-state index is 4.85. The molecule has 26 heavy (non-hydrogen) atoms. The van der Waals surface area contributed by atoms with Crippen molar-refractivity contribution in [2.24, 2.45) is 0 Å². The third-order valence-corrected chi connectivity index (χ3v) is 4.99. The molecule has 3 aromatic heterocycles. The zero-order valence-corrected chi connectivity index (χ0v) is 14.4. The van der Waals surface area contributed by atoms with Crippen molar-refractivity contribution in [2.45, 2.75) is 19.5 Å². The van der Waals surface area contributed by atoms with E-state index in [1.54, 1.807) is 0 Å². The number of aromatic nitrogens is 4. The summed E-state index contributed by atoms with van der Waals surface area (Å²) >= 11 is 0. The van der Waals surface area contributed by atoms with Gasteiger partial charge >= 0.3 is 0 Å². The van der Waals surface area contributed by atoms with Gasteiger partial charge in [-0.2, -0.15) is 0 Å². The van der Waals surface area contributed by atoms with Crippen molar-refractivity contribution < 1.29 is 0 Å². The van der Waals surface area contributed by atoms with Crippen LogP contribution in [0.2, 0.25) is 0 Å². The highest BCUT2D eigenvalue weighted by Gasteiger charge is 2.20. The highest BCUT2D eigenvalue weighted by Crippen LogP contribution is 2.24. The standard InChI is InChI=1S/C21H19N5/c1-2-5-15(6-3-1)20-23-11-16-8-10-26(14-19(16)25-20)13-17-12-24-21-18(17)7-4-9-22-21/h1-7,9,11-12H,8,10,13-14H2,(H,22,24). The quantitative estimate of drug-likeness (QED) is 0.619. The molecular weight excluding hydrogens is 322 g/mol. The molecule has 4 heterocycles. The third kappa shape index (κ3) is 2.76. The number of benzene rings is 1. The van der Waals surface area contributed by atoms with Crippen molar-refractivity contribution in [2.75, 3.05) is 6.54 Å². The Morgan fingerprint density at radius 3 is 2.88 bits per heavy atom. The molecule has 5 nitrogen and oxygen atoms in total. The van der Waals surface area contributed by atoms with Gasteiger partial charge in [0, 0.05) is 49.2 Å². The number of nitrogens with one attached hydrogen (secondary N) is 1. The molecule has 128 valence electrons. The molecule has 0 unspecified atom stereocenters. The van der Waals surface area contributed by atoms with Gasteiger partial charge in [0.15, 0.2) is 5.82 Å². The summed E-state index contributed by atoms with van der Waals surface area (Å²) in [5.74, 6) is 0.808. The van der Waals surface area contributed by atoms with E-state index >= 15 is 0 Å². The fourth-order valence-corrected chi connectivity index (χ4v) is 3.60. The molecule has 0 spiro atoms. The molecule has 1 N–H and O–H groups in total. The second kappa shape index (κ2) is 6.35. The van der Waals surface area contributed by atoms with Gasteiger partial charge in [0.1, 0.15) is 5.65 Å². The maximum Gasteiger partial charge on any atom is 0.159 e. The van der Waals surface area contributed by atoms with Crippen LogP contribution in [0.25, 0.3) is 22.4 Å². The van der Waals surface area contributed by atoms with E-state index in [9.17, 15) is 0 Å². The molecule has 1 aromatic carbocycles. The number of rotatable bonds is 3. The van der Waals surface area contributed by atoms with E-state index in [4.69, 9.17) is 4.98 Å². The van der Waals surface area contributed by atoms with Gasteiger partial charge in [-0.15, -0.1) is 0 Å². The van der Waals surface area contributed by atoms with Gasteiger partial charge < -0.3 is 4.98 Å². The van der Waals surface area contributed by atoms with Crippen LogP contribution in [-0.4, -0.2) is 31.4 Å². The van der Waals surface area contributed by atoms with Crippen LogP contribution in [0.1, 0.15) is 16.8 Å². The van der Waals surface area contributed by atoms with Crippen LogP contribution < -0.4 is 0 Å². The minimum Gasteiger partial charge on any atom is -0.346 e. The average Bonchev–Trinajstić information content (AvgIpc) is 3.11. The van der Waals surface area contributed by atoms with Gasteiger partial charge in [-0.25, -0.2) is 15.0 Å². The molecule has 1 aliphatic heterocycles. The topological polar surface area (TPSA) is 57.7 Å². The predicted octanol–water partition coefficient (Wildman–Crippen LogP) is 3.58. The van der Waals surface area contributed by atoms with Crippen molar-refractivity contribution in [3.63, 3.8) is 0 Å². The van der Waals surface area contributed by atoms with E-state index < -0.39 is 0 Å². The Morgan fingerprint density at radius 2 is 1.96 bits per heavy atom. The van der Waals surface area contributed by atoms with Gasteiger partial charge in [0.25, 0.3) is 0 Å². The van der Waals surface area contributed by atoms with E-state index in [-0.39, 0.29) is 0 Å². The Labute approximate surface area is 151 Å². The van der Waals surface area contributed by atoms with Crippen LogP contribution in [0.3, 0.4) is 0 Å². The summed E-state index contributed by atoms with van der Waals surface area (Å²) in [6, 6.07) is 14.3. The highest BCUT2D eigenvalue weighted by atomic mass is 15.1. The van der Waals surface area contributed by atoms with Crippen molar-refractivity contribution in [1.29, 1.82) is 0 Å². The van der Waals surface area contributed by atoms with Gasteiger partial charge in [-0.1, -0.05) is 30.3 Å². The van der Waals surface area contributed by atoms with Crippen molar-refractivity contribution in [3.05, 3.63) is 77.9 Å². The largest absolute Gasteiger partial charge is 0.346 e. The first kappa shape index (κ1) is 15.2. The first-order chi connectivity index (χ1) is 12.9.